The summed E-state index contributed by atoms with van der Waals surface area (Å²) in [6.45, 7) is 5.84. The Hall–Kier alpha value is -6.70. The monoisotopic (exact) mass is 1050 g/mol. The second kappa shape index (κ2) is 23.2. The number of benzene rings is 9. The van der Waals surface area contributed by atoms with E-state index < -0.39 is 46.1 Å². The highest BCUT2D eigenvalue weighted by Gasteiger charge is 2.45. The van der Waals surface area contributed by atoms with E-state index in [1.165, 1.54) is 0 Å². The Bertz CT molecular complexity index is 2970. The average molecular weight is 1050 g/mol. The largest absolute Gasteiger partial charge is 0.481 e. The van der Waals surface area contributed by atoms with E-state index in [0.717, 1.165) is 0 Å². The molecule has 11 heteroatoms. The van der Waals surface area contributed by atoms with Gasteiger partial charge in [0, 0.05) is 31.8 Å². The fraction of sp³-hybridized carbons (Fsp3) is 0.143. The molecule has 0 aromatic heterocycles. The van der Waals surface area contributed by atoms with Crippen LogP contribution in [0.1, 0.15) is 40.0 Å². The first-order chi connectivity index (χ1) is 36.1. The van der Waals surface area contributed by atoms with Crippen LogP contribution in [-0.4, -0.2) is 17.5 Å². The molecule has 0 N–H and O–H groups in total. The molecule has 9 aromatic rings. The molecule has 0 spiro atoms. The van der Waals surface area contributed by atoms with E-state index in [0.29, 0.717) is 67.0 Å². The van der Waals surface area contributed by atoms with Gasteiger partial charge in [-0.3, -0.25) is 0 Å². The van der Waals surface area contributed by atoms with Crippen LogP contribution in [0.5, 0.6) is 17.2 Å². The molecule has 0 radical (unpaired) electrons. The van der Waals surface area contributed by atoms with Crippen molar-refractivity contribution < 1.29 is 32.5 Å². The molecule has 3 unspecified atom stereocenters. The lowest BCUT2D eigenvalue weighted by Crippen LogP contribution is -2.35. The minimum absolute atomic E-state index is 0.261. The molecule has 9 rings (SSSR count). The lowest BCUT2D eigenvalue weighted by Gasteiger charge is -2.33. The highest BCUT2D eigenvalue weighted by atomic mass is 31.2. The van der Waals surface area contributed by atoms with Crippen LogP contribution in [0.25, 0.3) is 0 Å². The quantitative estimate of drug-likeness (QED) is 0.0662. The summed E-state index contributed by atoms with van der Waals surface area (Å²) in [4.78, 5) is 0. The number of hydrogen-bond donors (Lipinski definition) is 0. The van der Waals surface area contributed by atoms with E-state index in [-0.39, 0.29) is 17.2 Å². The van der Waals surface area contributed by atoms with Crippen molar-refractivity contribution in [1.82, 2.24) is 0 Å². The third-order valence-corrected chi connectivity index (χ3v) is 26.9. The molecule has 0 bridgehead atoms. The number of rotatable bonds is 21. The maximum absolute atomic E-state index is 17.8. The van der Waals surface area contributed by atoms with Crippen molar-refractivity contribution in [1.29, 1.82) is 0 Å². The van der Waals surface area contributed by atoms with Crippen LogP contribution in [0.2, 0.25) is 0 Å². The minimum Gasteiger partial charge on any atom is -0.481 e. The van der Waals surface area contributed by atoms with Crippen LogP contribution < -0.4 is 62.0 Å². The van der Waals surface area contributed by atoms with E-state index >= 15 is 18.3 Å². The topological polar surface area (TPSA) is 96.0 Å². The average Bonchev–Trinajstić information content (AvgIpc) is 3.48. The van der Waals surface area contributed by atoms with Gasteiger partial charge in [0.25, 0.3) is 0 Å². The molecule has 3 atom stereocenters. The van der Waals surface area contributed by atoms with Crippen molar-refractivity contribution >= 4 is 76.3 Å². The second-order valence-corrected chi connectivity index (χ2v) is 29.4. The van der Waals surface area contributed by atoms with Gasteiger partial charge in [-0.05, 0) is 55.7 Å². The van der Waals surface area contributed by atoms with Gasteiger partial charge in [-0.25, -0.2) is 0 Å². The summed E-state index contributed by atoms with van der Waals surface area (Å²) in [5.41, 5.74) is 0. The van der Waals surface area contributed by atoms with Crippen molar-refractivity contribution in [3.8, 4) is 17.2 Å². The zero-order valence-electron chi connectivity index (χ0n) is 41.7. The van der Waals surface area contributed by atoms with Crippen LogP contribution in [0.15, 0.2) is 255 Å². The predicted octanol–water partition coefficient (Wildman–Crippen LogP) is 12.7. The van der Waals surface area contributed by atoms with Crippen LogP contribution >= 0.6 is 28.6 Å². The fourth-order valence-electron chi connectivity index (χ4n) is 9.87. The molecule has 374 valence electrons. The number of para-hydroxylation sites is 3. The molecule has 74 heavy (non-hydrogen) atoms. The minimum atomic E-state index is -4.32. The van der Waals surface area contributed by atoms with Crippen LogP contribution in [0.3, 0.4) is 0 Å². The highest BCUT2D eigenvalue weighted by molar-refractivity contribution is 7.86. The summed E-state index contributed by atoms with van der Waals surface area (Å²) in [6.07, 6.45) is 1.04. The Labute approximate surface area is 436 Å². The number of hydrogen-bond acceptors (Lipinski definition) is 7. The van der Waals surface area contributed by atoms with E-state index in [9.17, 15) is 0 Å². The van der Waals surface area contributed by atoms with Crippen molar-refractivity contribution in [3.05, 3.63) is 255 Å². The Morgan fingerprint density at radius 1 is 0.270 bits per heavy atom. The van der Waals surface area contributed by atoms with Gasteiger partial charge in [0.2, 0.25) is 0 Å². The third kappa shape index (κ3) is 10.0. The maximum Gasteiger partial charge on any atom is 0.181 e. The SMILES string of the molecule is CCC(Oc1ccccc1P(=O)(c1ccccc1OC(CC)P(=O)(c1ccccc1)c1ccccc1)c1ccccc1OC(CC)P(=O)(c1ccccc1)c1ccccc1)P(=O)(c1ccccc1)c1ccccc1. The fourth-order valence-corrected chi connectivity index (χ4v) is 21.8. The standard InChI is InChI=1S/C63H60O7P4/c1-4-61(71(64,49-31-13-7-14-32-49)50-33-15-8-16-34-50)68-55-43-25-28-46-58(55)74(67,59-47-29-26-44-56(59)69-62(5-2)72(65,51-35-17-9-18-36-51)52-37-19-10-20-38-52)60-48-30-27-45-57(60)70-63(6-3)73(66,53-39-21-11-22-40-53)54-41-23-12-24-42-54/h7-48,61-63H,4-6H2,1-3H3. The number of ether oxygens (including phenoxy) is 3. The van der Waals surface area contributed by atoms with Gasteiger partial charge in [-0.2, -0.15) is 0 Å². The van der Waals surface area contributed by atoms with Gasteiger partial charge in [0.15, 0.2) is 46.1 Å². The van der Waals surface area contributed by atoms with Gasteiger partial charge >= 0.3 is 0 Å². The summed E-state index contributed by atoms with van der Waals surface area (Å²) < 4.78 is 87.5. The Morgan fingerprint density at radius 3 is 0.635 bits per heavy atom. The third-order valence-electron chi connectivity index (χ3n) is 13.5. The summed E-state index contributed by atoms with van der Waals surface area (Å²) >= 11 is 0. The second-order valence-electron chi connectivity index (χ2n) is 17.9. The van der Waals surface area contributed by atoms with Crippen molar-refractivity contribution in [2.75, 3.05) is 0 Å². The molecule has 0 saturated carbocycles. The van der Waals surface area contributed by atoms with E-state index in [1.807, 2.05) is 239 Å². The summed E-state index contributed by atoms with van der Waals surface area (Å²) in [6, 6.07) is 78.0. The molecule has 0 heterocycles. The molecular weight excluding hydrogens is 993 g/mol. The molecule has 0 aliphatic carbocycles. The Balaban J connectivity index is 1.26. The summed E-state index contributed by atoms with van der Waals surface area (Å²) in [5.74, 6) is -1.89. The van der Waals surface area contributed by atoms with Gasteiger partial charge < -0.3 is 32.5 Å². The molecule has 0 fully saturated rings. The van der Waals surface area contributed by atoms with E-state index in [2.05, 4.69) is 0 Å². The molecule has 9 aromatic carbocycles. The van der Waals surface area contributed by atoms with Crippen LogP contribution in [0.4, 0.5) is 0 Å². The first-order valence-electron chi connectivity index (χ1n) is 25.1. The zero-order valence-corrected chi connectivity index (χ0v) is 45.3. The Morgan fingerprint density at radius 2 is 0.446 bits per heavy atom. The summed E-state index contributed by atoms with van der Waals surface area (Å²) in [7, 11) is -15.0. The first kappa shape index (κ1) is 52.2. The Kier molecular flexibility index (Phi) is 16.4. The van der Waals surface area contributed by atoms with Crippen LogP contribution in [0, 0.1) is 0 Å². The van der Waals surface area contributed by atoms with Crippen molar-refractivity contribution in [2.45, 2.75) is 57.6 Å². The van der Waals surface area contributed by atoms with Gasteiger partial charge in [-0.15, -0.1) is 0 Å². The first-order valence-corrected chi connectivity index (χ1v) is 32.2. The van der Waals surface area contributed by atoms with Crippen molar-refractivity contribution in [2.24, 2.45) is 0 Å². The molecule has 0 saturated heterocycles. The lowest BCUT2D eigenvalue weighted by molar-refractivity contribution is 0.272. The normalized spacial score (nSPS) is 13.9. The zero-order chi connectivity index (χ0) is 51.6. The van der Waals surface area contributed by atoms with Gasteiger partial charge in [0.05, 0.1) is 15.9 Å². The molecule has 0 amide bonds. The molecular formula is C63H60O7P4. The predicted molar refractivity (Wildman–Crippen MR) is 309 cm³/mol. The van der Waals surface area contributed by atoms with Gasteiger partial charge in [-0.1, -0.05) is 239 Å². The van der Waals surface area contributed by atoms with Crippen molar-refractivity contribution in [3.63, 3.8) is 0 Å². The van der Waals surface area contributed by atoms with Crippen LogP contribution in [-0.2, 0) is 18.3 Å². The molecule has 0 aliphatic rings. The molecule has 7 nitrogen and oxygen atoms in total. The van der Waals surface area contributed by atoms with Gasteiger partial charge in [0.1, 0.15) is 17.2 Å². The summed E-state index contributed by atoms with van der Waals surface area (Å²) in [5, 5.41) is 4.73. The smallest absolute Gasteiger partial charge is 0.181 e. The molecule has 0 aliphatic heterocycles. The van der Waals surface area contributed by atoms with E-state index in [4.69, 9.17) is 14.2 Å². The highest BCUT2D eigenvalue weighted by Crippen LogP contribution is 2.57. The maximum atomic E-state index is 17.8. The van der Waals surface area contributed by atoms with E-state index in [1.54, 1.807) is 36.4 Å². The lowest BCUT2D eigenvalue weighted by atomic mass is 10.3.